The normalized spacial score (nSPS) is 10.6. The predicted octanol–water partition coefficient (Wildman–Crippen LogP) is 4.30. The van der Waals surface area contributed by atoms with Crippen LogP contribution < -0.4 is 9.47 Å². The Balaban J connectivity index is 1.89. The van der Waals surface area contributed by atoms with Crippen LogP contribution in [0.25, 0.3) is 22.0 Å². The molecule has 2 heterocycles. The summed E-state index contributed by atoms with van der Waals surface area (Å²) in [6.45, 7) is 4.98. The van der Waals surface area contributed by atoms with Crippen molar-refractivity contribution in [1.82, 2.24) is 9.97 Å². The molecule has 0 bridgehead atoms. The molecular weight excluding hydrogens is 364 g/mol. The third kappa shape index (κ3) is 4.62. The summed E-state index contributed by atoms with van der Waals surface area (Å²) >= 11 is 1.50. The Bertz CT molecular complexity index is 939. The Morgan fingerprint density at radius 2 is 1.81 bits per heavy atom. The van der Waals surface area contributed by atoms with E-state index in [1.165, 1.54) is 11.3 Å². The molecule has 27 heavy (non-hydrogen) atoms. The first-order chi connectivity index (χ1) is 13.1. The molecule has 2 aromatic heterocycles. The Morgan fingerprint density at radius 3 is 2.56 bits per heavy atom. The fraction of sp³-hybridized carbons (Fsp3) is 0.250. The molecule has 1 aromatic carbocycles. The molecule has 0 fully saturated rings. The highest BCUT2D eigenvalue weighted by molar-refractivity contribution is 7.13. The Labute approximate surface area is 161 Å². The van der Waals surface area contributed by atoms with Gasteiger partial charge in [-0.15, -0.1) is 11.3 Å². The molecule has 6 nitrogen and oxygen atoms in total. The van der Waals surface area contributed by atoms with E-state index in [1.54, 1.807) is 12.1 Å². The van der Waals surface area contributed by atoms with Gasteiger partial charge in [0.25, 0.3) is 0 Å². The molecule has 0 radical (unpaired) electrons. The second kappa shape index (κ2) is 8.64. The lowest BCUT2D eigenvalue weighted by atomic mass is 10.2. The van der Waals surface area contributed by atoms with Gasteiger partial charge >= 0.3 is 5.97 Å². The van der Waals surface area contributed by atoms with Gasteiger partial charge in [-0.25, -0.2) is 4.98 Å². The lowest BCUT2D eigenvalue weighted by molar-refractivity contribution is -0.136. The first kappa shape index (κ1) is 18.8. The monoisotopic (exact) mass is 384 g/mol. The van der Waals surface area contributed by atoms with Gasteiger partial charge in [0, 0.05) is 10.9 Å². The second-order valence-corrected chi connectivity index (χ2v) is 6.51. The molecule has 0 unspecified atom stereocenters. The third-order valence-electron chi connectivity index (χ3n) is 3.70. The molecule has 0 aliphatic heterocycles. The van der Waals surface area contributed by atoms with Crippen molar-refractivity contribution in [3.63, 3.8) is 0 Å². The maximum Gasteiger partial charge on any atom is 0.309 e. The zero-order valence-electron chi connectivity index (χ0n) is 15.1. The van der Waals surface area contributed by atoms with Crippen molar-refractivity contribution in [3.05, 3.63) is 47.5 Å². The summed E-state index contributed by atoms with van der Waals surface area (Å²) in [5.41, 5.74) is 2.82. The minimum Gasteiger partial charge on any atom is -0.490 e. The first-order valence-electron chi connectivity index (χ1n) is 8.64. The number of thiazole rings is 1. The van der Waals surface area contributed by atoms with Gasteiger partial charge in [-0.1, -0.05) is 6.07 Å². The number of hydrogen-bond acceptors (Lipinski definition) is 6. The van der Waals surface area contributed by atoms with E-state index in [1.807, 2.05) is 43.5 Å². The molecule has 0 aliphatic carbocycles. The van der Waals surface area contributed by atoms with Gasteiger partial charge in [0.05, 0.1) is 31.0 Å². The average Bonchev–Trinajstić information content (AvgIpc) is 3.13. The number of rotatable bonds is 8. The molecule has 140 valence electrons. The highest BCUT2D eigenvalue weighted by Gasteiger charge is 2.12. The molecule has 0 spiro atoms. The summed E-state index contributed by atoms with van der Waals surface area (Å²) in [6.07, 6.45) is -0.110. The van der Waals surface area contributed by atoms with Gasteiger partial charge in [-0.05, 0) is 44.2 Å². The van der Waals surface area contributed by atoms with Crippen LogP contribution in [0.1, 0.15) is 19.5 Å². The number of carboxylic acids is 1. The molecule has 0 aliphatic rings. The molecule has 0 saturated carbocycles. The number of carbonyl (C=O) groups is 1. The number of pyridine rings is 1. The van der Waals surface area contributed by atoms with E-state index in [9.17, 15) is 4.79 Å². The van der Waals surface area contributed by atoms with E-state index in [0.717, 1.165) is 10.6 Å². The standard InChI is InChI=1S/C20H20N2O4S/c1-3-25-17-9-8-13(10-18(17)26-4-2)20-22-16(12-27-20)15-7-5-6-14(21-15)11-19(23)24/h5-10,12H,3-4,11H2,1-2H3,(H,23,24). The quantitative estimate of drug-likeness (QED) is 0.624. The SMILES string of the molecule is CCOc1ccc(-c2nc(-c3cccc(CC(=O)O)n3)cs2)cc1OCC. The highest BCUT2D eigenvalue weighted by Crippen LogP contribution is 2.35. The van der Waals surface area contributed by atoms with E-state index >= 15 is 0 Å². The van der Waals surface area contributed by atoms with Crippen molar-refractivity contribution in [2.75, 3.05) is 13.2 Å². The molecule has 0 atom stereocenters. The van der Waals surface area contributed by atoms with Gasteiger partial charge in [0.15, 0.2) is 11.5 Å². The molecule has 1 N–H and O–H groups in total. The van der Waals surface area contributed by atoms with Gasteiger partial charge in [0.2, 0.25) is 0 Å². The fourth-order valence-corrected chi connectivity index (χ4v) is 3.39. The average molecular weight is 384 g/mol. The van der Waals surface area contributed by atoms with E-state index in [4.69, 9.17) is 14.6 Å². The van der Waals surface area contributed by atoms with E-state index < -0.39 is 5.97 Å². The molecule has 3 rings (SSSR count). The van der Waals surface area contributed by atoms with Crippen LogP contribution in [0.15, 0.2) is 41.8 Å². The van der Waals surface area contributed by atoms with Crippen molar-refractivity contribution >= 4 is 17.3 Å². The van der Waals surface area contributed by atoms with Crippen molar-refractivity contribution < 1.29 is 19.4 Å². The first-order valence-corrected chi connectivity index (χ1v) is 9.52. The summed E-state index contributed by atoms with van der Waals surface area (Å²) in [5, 5.41) is 11.7. The van der Waals surface area contributed by atoms with Crippen molar-refractivity contribution in [3.8, 4) is 33.5 Å². The summed E-state index contributed by atoms with van der Waals surface area (Å²) in [4.78, 5) is 19.9. The van der Waals surface area contributed by atoms with Crippen molar-refractivity contribution in [1.29, 1.82) is 0 Å². The molecule has 3 aromatic rings. The van der Waals surface area contributed by atoms with Crippen LogP contribution >= 0.6 is 11.3 Å². The van der Waals surface area contributed by atoms with E-state index in [2.05, 4.69) is 9.97 Å². The number of nitrogens with zero attached hydrogens (tertiary/aromatic N) is 2. The van der Waals surface area contributed by atoms with E-state index in [-0.39, 0.29) is 6.42 Å². The van der Waals surface area contributed by atoms with Gasteiger partial charge in [-0.2, -0.15) is 0 Å². The molecular formula is C20H20N2O4S. The van der Waals surface area contributed by atoms with Gasteiger partial charge < -0.3 is 14.6 Å². The Kier molecular flexibility index (Phi) is 6.03. The second-order valence-electron chi connectivity index (χ2n) is 5.65. The minimum absolute atomic E-state index is 0.110. The lowest BCUT2D eigenvalue weighted by Gasteiger charge is -2.11. The van der Waals surface area contributed by atoms with E-state index in [0.29, 0.717) is 41.8 Å². The highest BCUT2D eigenvalue weighted by atomic mass is 32.1. The maximum absolute atomic E-state index is 10.9. The topological polar surface area (TPSA) is 81.5 Å². The van der Waals surface area contributed by atoms with Crippen molar-refractivity contribution in [2.45, 2.75) is 20.3 Å². The van der Waals surface area contributed by atoms with Crippen molar-refractivity contribution in [2.24, 2.45) is 0 Å². The van der Waals surface area contributed by atoms with Crippen LogP contribution in [0.3, 0.4) is 0 Å². The zero-order valence-corrected chi connectivity index (χ0v) is 16.0. The van der Waals surface area contributed by atoms with Crippen LogP contribution in [-0.4, -0.2) is 34.3 Å². The Morgan fingerprint density at radius 1 is 1.04 bits per heavy atom. The predicted molar refractivity (Wildman–Crippen MR) is 104 cm³/mol. The van der Waals surface area contributed by atoms with Crippen LogP contribution in [0.5, 0.6) is 11.5 Å². The number of aliphatic carboxylic acids is 1. The van der Waals surface area contributed by atoms with Crippen LogP contribution in [0.2, 0.25) is 0 Å². The molecule has 7 heteroatoms. The summed E-state index contributed by atoms with van der Waals surface area (Å²) in [7, 11) is 0. The summed E-state index contributed by atoms with van der Waals surface area (Å²) in [5.74, 6) is 0.495. The fourth-order valence-electron chi connectivity index (χ4n) is 2.58. The molecule has 0 amide bonds. The number of aromatic nitrogens is 2. The zero-order chi connectivity index (χ0) is 19.2. The summed E-state index contributed by atoms with van der Waals surface area (Å²) in [6, 6.07) is 11.1. The number of benzene rings is 1. The largest absolute Gasteiger partial charge is 0.490 e. The Hall–Kier alpha value is -2.93. The molecule has 0 saturated heterocycles. The van der Waals surface area contributed by atoms with Gasteiger partial charge in [-0.3, -0.25) is 9.78 Å². The number of carboxylic acid groups (broad SMARTS) is 1. The number of hydrogen-bond donors (Lipinski definition) is 1. The van der Waals surface area contributed by atoms with Crippen LogP contribution in [-0.2, 0) is 11.2 Å². The van der Waals surface area contributed by atoms with Crippen LogP contribution in [0, 0.1) is 0 Å². The smallest absolute Gasteiger partial charge is 0.309 e. The minimum atomic E-state index is -0.906. The number of ether oxygens (including phenoxy) is 2. The lowest BCUT2D eigenvalue weighted by Crippen LogP contribution is -2.02. The summed E-state index contributed by atoms with van der Waals surface area (Å²) < 4.78 is 11.3. The maximum atomic E-state index is 10.9. The third-order valence-corrected chi connectivity index (χ3v) is 4.59. The van der Waals surface area contributed by atoms with Gasteiger partial charge in [0.1, 0.15) is 10.7 Å². The van der Waals surface area contributed by atoms with Crippen LogP contribution in [0.4, 0.5) is 0 Å².